The van der Waals surface area contributed by atoms with Gasteiger partial charge in [0.1, 0.15) is 5.54 Å². The van der Waals surface area contributed by atoms with Gasteiger partial charge in [-0.05, 0) is 18.8 Å². The Balaban J connectivity index is 1.64. The first-order valence-electron chi connectivity index (χ1n) is 8.98. The average Bonchev–Trinajstić information content (AvgIpc) is 3.18. The standard InChI is InChI=1S/C17H26N6O3/c1-11(2)9-23-16(26)21-15(25)17(23)3-5-22(6-4-17)14(24)13(18)7-12-8-19-10-20-12/h8,10-11,13H,3-7,9,18H2,1-2H3,(H,19,20)(H,21,25,26)/t13-/m0/s1. The van der Waals surface area contributed by atoms with Gasteiger partial charge in [-0.2, -0.15) is 0 Å². The van der Waals surface area contributed by atoms with E-state index in [1.165, 1.54) is 0 Å². The number of imidazole rings is 1. The summed E-state index contributed by atoms with van der Waals surface area (Å²) in [7, 11) is 0. The van der Waals surface area contributed by atoms with E-state index in [1.807, 2.05) is 13.8 Å². The molecule has 0 unspecified atom stereocenters. The van der Waals surface area contributed by atoms with Crippen molar-refractivity contribution in [3.63, 3.8) is 0 Å². The fourth-order valence-corrected chi connectivity index (χ4v) is 3.77. The number of H-pyrrole nitrogens is 1. The van der Waals surface area contributed by atoms with Gasteiger partial charge >= 0.3 is 6.03 Å². The number of nitrogens with zero attached hydrogens (tertiary/aromatic N) is 3. The Hall–Kier alpha value is -2.42. The van der Waals surface area contributed by atoms with E-state index in [-0.39, 0.29) is 23.8 Å². The zero-order chi connectivity index (χ0) is 18.9. The summed E-state index contributed by atoms with van der Waals surface area (Å²) in [4.78, 5) is 47.5. The van der Waals surface area contributed by atoms with Gasteiger partial charge in [-0.25, -0.2) is 9.78 Å². The fraction of sp³-hybridized carbons (Fsp3) is 0.647. The second kappa shape index (κ2) is 7.06. The smallest absolute Gasteiger partial charge is 0.325 e. The molecule has 9 heteroatoms. The molecule has 4 N–H and O–H groups in total. The molecule has 0 aliphatic carbocycles. The van der Waals surface area contributed by atoms with Crippen LogP contribution in [0.4, 0.5) is 4.79 Å². The summed E-state index contributed by atoms with van der Waals surface area (Å²) in [6, 6.07) is -0.991. The normalized spacial score (nSPS) is 20.8. The van der Waals surface area contributed by atoms with Crippen molar-refractivity contribution < 1.29 is 14.4 Å². The van der Waals surface area contributed by atoms with Crippen LogP contribution in [-0.2, 0) is 16.0 Å². The summed E-state index contributed by atoms with van der Waals surface area (Å²) in [5.74, 6) is -0.141. The summed E-state index contributed by atoms with van der Waals surface area (Å²) >= 11 is 0. The third-order valence-corrected chi connectivity index (χ3v) is 5.17. The van der Waals surface area contributed by atoms with Crippen LogP contribution in [0.2, 0.25) is 0 Å². The molecule has 142 valence electrons. The number of carbonyl (C=O) groups is 3. The number of amides is 4. The molecule has 1 aromatic heterocycles. The molecule has 0 aromatic carbocycles. The highest BCUT2D eigenvalue weighted by molar-refractivity contribution is 6.07. The maximum absolute atomic E-state index is 12.6. The molecule has 4 amide bonds. The molecule has 0 radical (unpaired) electrons. The summed E-state index contributed by atoms with van der Waals surface area (Å²) in [6.45, 7) is 5.36. The van der Waals surface area contributed by atoms with E-state index in [4.69, 9.17) is 5.73 Å². The SMILES string of the molecule is CC(C)CN1C(=O)NC(=O)C12CCN(C(=O)[C@@H](N)Cc1cnc[nH]1)CC2. The van der Waals surface area contributed by atoms with Gasteiger partial charge in [0, 0.05) is 37.9 Å². The van der Waals surface area contributed by atoms with E-state index in [1.54, 1.807) is 22.3 Å². The minimum Gasteiger partial charge on any atom is -0.348 e. The fourth-order valence-electron chi connectivity index (χ4n) is 3.77. The second-order valence-electron chi connectivity index (χ2n) is 7.51. The number of imide groups is 1. The molecular weight excluding hydrogens is 336 g/mol. The molecule has 1 spiro atoms. The maximum atomic E-state index is 12.6. The van der Waals surface area contributed by atoms with Gasteiger partial charge < -0.3 is 20.5 Å². The van der Waals surface area contributed by atoms with Crippen LogP contribution in [0.25, 0.3) is 0 Å². The van der Waals surface area contributed by atoms with E-state index in [9.17, 15) is 14.4 Å². The van der Waals surface area contributed by atoms with Crippen molar-refractivity contribution in [2.45, 2.75) is 44.7 Å². The van der Waals surface area contributed by atoms with Crippen molar-refractivity contribution in [1.29, 1.82) is 0 Å². The molecule has 1 aromatic rings. The molecule has 0 saturated carbocycles. The monoisotopic (exact) mass is 362 g/mol. The molecule has 0 bridgehead atoms. The van der Waals surface area contributed by atoms with E-state index in [0.717, 1.165) is 5.69 Å². The van der Waals surface area contributed by atoms with Crippen LogP contribution < -0.4 is 11.1 Å². The highest BCUT2D eigenvalue weighted by Gasteiger charge is 2.54. The van der Waals surface area contributed by atoms with Crippen LogP contribution in [0.1, 0.15) is 32.4 Å². The van der Waals surface area contributed by atoms with Gasteiger partial charge in [-0.1, -0.05) is 13.8 Å². The quantitative estimate of drug-likeness (QED) is 0.628. The van der Waals surface area contributed by atoms with E-state index in [0.29, 0.717) is 38.9 Å². The lowest BCUT2D eigenvalue weighted by atomic mass is 9.85. The van der Waals surface area contributed by atoms with E-state index in [2.05, 4.69) is 15.3 Å². The van der Waals surface area contributed by atoms with Crippen molar-refractivity contribution in [2.75, 3.05) is 19.6 Å². The molecule has 2 saturated heterocycles. The Morgan fingerprint density at radius 2 is 2.04 bits per heavy atom. The number of urea groups is 1. The van der Waals surface area contributed by atoms with Crippen LogP contribution in [0.5, 0.6) is 0 Å². The molecule has 1 atom stereocenters. The second-order valence-corrected chi connectivity index (χ2v) is 7.51. The minimum atomic E-state index is -0.842. The van der Waals surface area contributed by atoms with Gasteiger partial charge in [0.2, 0.25) is 5.91 Å². The Kier molecular flexibility index (Phi) is 4.99. The van der Waals surface area contributed by atoms with Crippen LogP contribution in [0, 0.1) is 5.92 Å². The molecule has 3 heterocycles. The number of likely N-dealkylation sites (tertiary alicyclic amines) is 1. The zero-order valence-corrected chi connectivity index (χ0v) is 15.2. The van der Waals surface area contributed by atoms with E-state index < -0.39 is 11.6 Å². The number of aromatic nitrogens is 2. The summed E-state index contributed by atoms with van der Waals surface area (Å²) in [5, 5.41) is 2.44. The maximum Gasteiger partial charge on any atom is 0.325 e. The van der Waals surface area contributed by atoms with Gasteiger partial charge in [-0.15, -0.1) is 0 Å². The minimum absolute atomic E-state index is 0.144. The Labute approximate surface area is 152 Å². The van der Waals surface area contributed by atoms with Gasteiger partial charge in [0.15, 0.2) is 0 Å². The van der Waals surface area contributed by atoms with Crippen LogP contribution in [-0.4, -0.2) is 68.8 Å². The first kappa shape index (κ1) is 18.4. The predicted molar refractivity (Wildman–Crippen MR) is 93.9 cm³/mol. The van der Waals surface area contributed by atoms with Crippen molar-refractivity contribution in [3.05, 3.63) is 18.2 Å². The molecular formula is C17H26N6O3. The zero-order valence-electron chi connectivity index (χ0n) is 15.2. The van der Waals surface area contributed by atoms with Crippen LogP contribution >= 0.6 is 0 Å². The summed E-state index contributed by atoms with van der Waals surface area (Å²) in [5.41, 5.74) is 6.01. The van der Waals surface area contributed by atoms with Crippen molar-refractivity contribution in [3.8, 4) is 0 Å². The van der Waals surface area contributed by atoms with Gasteiger partial charge in [0.05, 0.1) is 12.4 Å². The number of rotatable bonds is 5. The van der Waals surface area contributed by atoms with Gasteiger partial charge in [0.25, 0.3) is 5.91 Å². The summed E-state index contributed by atoms with van der Waals surface area (Å²) < 4.78 is 0. The Bertz CT molecular complexity index is 679. The Morgan fingerprint density at radius 3 is 2.62 bits per heavy atom. The number of hydrogen-bond acceptors (Lipinski definition) is 5. The third-order valence-electron chi connectivity index (χ3n) is 5.17. The lowest BCUT2D eigenvalue weighted by Crippen LogP contribution is -2.59. The average molecular weight is 362 g/mol. The van der Waals surface area contributed by atoms with E-state index >= 15 is 0 Å². The molecule has 9 nitrogen and oxygen atoms in total. The predicted octanol–water partition coefficient (Wildman–Crippen LogP) is -0.151. The van der Waals surface area contributed by atoms with Crippen molar-refractivity contribution >= 4 is 17.8 Å². The molecule has 3 rings (SSSR count). The molecule has 26 heavy (non-hydrogen) atoms. The third kappa shape index (κ3) is 3.31. The summed E-state index contributed by atoms with van der Waals surface area (Å²) in [6.07, 6.45) is 4.45. The first-order chi connectivity index (χ1) is 12.3. The highest BCUT2D eigenvalue weighted by atomic mass is 16.2. The number of carbonyl (C=O) groups excluding carboxylic acids is 3. The largest absolute Gasteiger partial charge is 0.348 e. The van der Waals surface area contributed by atoms with Crippen molar-refractivity contribution in [2.24, 2.45) is 11.7 Å². The Morgan fingerprint density at radius 1 is 1.35 bits per heavy atom. The lowest BCUT2D eigenvalue weighted by Gasteiger charge is -2.43. The number of piperidine rings is 1. The van der Waals surface area contributed by atoms with Crippen LogP contribution in [0.15, 0.2) is 12.5 Å². The number of nitrogens with two attached hydrogens (primary N) is 1. The number of aromatic amines is 1. The van der Waals surface area contributed by atoms with Crippen molar-refractivity contribution in [1.82, 2.24) is 25.1 Å². The first-order valence-corrected chi connectivity index (χ1v) is 8.98. The number of nitrogens with one attached hydrogen (secondary N) is 2. The molecule has 2 fully saturated rings. The molecule has 2 aliphatic rings. The number of hydrogen-bond donors (Lipinski definition) is 3. The lowest BCUT2D eigenvalue weighted by molar-refractivity contribution is -0.139. The highest BCUT2D eigenvalue weighted by Crippen LogP contribution is 2.34. The topological polar surface area (TPSA) is 124 Å². The van der Waals surface area contributed by atoms with Gasteiger partial charge in [-0.3, -0.25) is 14.9 Å². The molecule has 2 aliphatic heterocycles. The van der Waals surface area contributed by atoms with Crippen LogP contribution in [0.3, 0.4) is 0 Å².